The fourth-order valence-electron chi connectivity index (χ4n) is 1.32. The highest BCUT2D eigenvalue weighted by Crippen LogP contribution is 2.24. The van der Waals surface area contributed by atoms with Gasteiger partial charge in [-0.2, -0.15) is 0 Å². The topological polar surface area (TPSA) is 34.1 Å². The average Bonchev–Trinajstić information content (AvgIpc) is 2.17. The van der Waals surface area contributed by atoms with Crippen LogP contribution in [-0.4, -0.2) is 14.2 Å². The van der Waals surface area contributed by atoms with Gasteiger partial charge in [-0.15, -0.1) is 0 Å². The Morgan fingerprint density at radius 1 is 1.20 bits per heavy atom. The van der Waals surface area contributed by atoms with Crippen molar-refractivity contribution in [3.05, 3.63) is 29.8 Å². The molecule has 2 nitrogen and oxygen atoms in total. The molecular formula is C12H18O2S. The lowest BCUT2D eigenvalue weighted by atomic mass is 9.87. The zero-order valence-corrected chi connectivity index (χ0v) is 10.6. The summed E-state index contributed by atoms with van der Waals surface area (Å²) in [6.45, 7) is 7.89. The fraction of sp³-hybridized carbons (Fsp3) is 0.500. The van der Waals surface area contributed by atoms with Crippen molar-refractivity contribution < 1.29 is 8.42 Å². The molecule has 0 saturated carbocycles. The van der Waals surface area contributed by atoms with Gasteiger partial charge in [0.1, 0.15) is 0 Å². The quantitative estimate of drug-likeness (QED) is 0.777. The van der Waals surface area contributed by atoms with Gasteiger partial charge in [-0.1, -0.05) is 39.8 Å². The molecule has 1 aromatic carbocycles. The largest absolute Gasteiger partial charge is 0.224 e. The Balaban J connectivity index is 3.27. The molecule has 0 fully saturated rings. The highest BCUT2D eigenvalue weighted by Gasteiger charge is 2.17. The molecule has 0 aliphatic heterocycles. The predicted octanol–water partition coefficient (Wildman–Crippen LogP) is 2.78. The molecule has 0 N–H and O–H groups in total. The summed E-state index contributed by atoms with van der Waals surface area (Å²) in [6.07, 6.45) is 0. The van der Waals surface area contributed by atoms with Crippen LogP contribution >= 0.6 is 0 Å². The molecule has 0 aliphatic rings. The van der Waals surface area contributed by atoms with E-state index in [4.69, 9.17) is 0 Å². The van der Waals surface area contributed by atoms with Crippen LogP contribution in [0.4, 0.5) is 0 Å². The van der Waals surface area contributed by atoms with Crippen LogP contribution in [-0.2, 0) is 15.3 Å². The smallest absolute Gasteiger partial charge is 0.178 e. The Morgan fingerprint density at radius 3 is 2.27 bits per heavy atom. The first-order valence-corrected chi connectivity index (χ1v) is 6.76. The molecule has 0 unspecified atom stereocenters. The van der Waals surface area contributed by atoms with Gasteiger partial charge >= 0.3 is 0 Å². The van der Waals surface area contributed by atoms with E-state index in [0.717, 1.165) is 5.56 Å². The minimum absolute atomic E-state index is 0.0146. The Hall–Kier alpha value is -0.830. The van der Waals surface area contributed by atoms with Gasteiger partial charge in [-0.25, -0.2) is 8.42 Å². The first-order valence-electron chi connectivity index (χ1n) is 5.10. The first kappa shape index (κ1) is 12.2. The summed E-state index contributed by atoms with van der Waals surface area (Å²) >= 11 is 0. The highest BCUT2D eigenvalue weighted by molar-refractivity contribution is 7.91. The van der Waals surface area contributed by atoms with Gasteiger partial charge in [0.2, 0.25) is 0 Å². The van der Waals surface area contributed by atoms with Crippen molar-refractivity contribution in [2.45, 2.75) is 38.0 Å². The molecule has 0 heterocycles. The minimum atomic E-state index is -3.08. The van der Waals surface area contributed by atoms with Crippen LogP contribution < -0.4 is 0 Å². The molecule has 0 amide bonds. The summed E-state index contributed by atoms with van der Waals surface area (Å²) in [6, 6.07) is 7.21. The van der Waals surface area contributed by atoms with Crippen molar-refractivity contribution in [1.29, 1.82) is 0 Å². The van der Waals surface area contributed by atoms with Gasteiger partial charge in [0.15, 0.2) is 9.84 Å². The summed E-state index contributed by atoms with van der Waals surface area (Å²) in [5.41, 5.74) is 1.04. The molecule has 0 bridgehead atoms. The van der Waals surface area contributed by atoms with Crippen molar-refractivity contribution >= 4 is 9.84 Å². The van der Waals surface area contributed by atoms with Crippen molar-refractivity contribution in [3.63, 3.8) is 0 Å². The van der Waals surface area contributed by atoms with E-state index in [9.17, 15) is 8.42 Å². The fourth-order valence-corrected chi connectivity index (χ4v) is 2.25. The van der Waals surface area contributed by atoms with E-state index in [1.165, 1.54) is 0 Å². The number of hydrogen-bond acceptors (Lipinski definition) is 2. The summed E-state index contributed by atoms with van der Waals surface area (Å²) in [4.78, 5) is 0.428. The zero-order chi connectivity index (χ0) is 11.7. The summed E-state index contributed by atoms with van der Waals surface area (Å²) in [7, 11) is -3.08. The standard InChI is InChI=1S/C12H18O2S/c1-5-15(13,14)11-8-6-7-10(9-11)12(2,3)4/h6-9H,5H2,1-4H3. The van der Waals surface area contributed by atoms with Crippen molar-refractivity contribution in [2.75, 3.05) is 5.75 Å². The van der Waals surface area contributed by atoms with E-state index in [-0.39, 0.29) is 11.2 Å². The molecule has 0 atom stereocenters. The molecule has 15 heavy (non-hydrogen) atoms. The molecule has 0 aromatic heterocycles. The van der Waals surface area contributed by atoms with Crippen LogP contribution in [0.15, 0.2) is 29.2 Å². The van der Waals surface area contributed by atoms with Gasteiger partial charge < -0.3 is 0 Å². The van der Waals surface area contributed by atoms with Crippen LogP contribution in [0.2, 0.25) is 0 Å². The number of sulfone groups is 1. The van der Waals surface area contributed by atoms with Gasteiger partial charge in [0.25, 0.3) is 0 Å². The zero-order valence-electron chi connectivity index (χ0n) is 9.74. The SMILES string of the molecule is CCS(=O)(=O)c1cccc(C(C)(C)C)c1. The molecule has 0 spiro atoms. The van der Waals surface area contributed by atoms with Crippen LogP contribution in [0.3, 0.4) is 0 Å². The molecule has 1 aromatic rings. The van der Waals surface area contributed by atoms with Gasteiger partial charge in [-0.05, 0) is 23.1 Å². The van der Waals surface area contributed by atoms with E-state index in [1.54, 1.807) is 19.1 Å². The maximum absolute atomic E-state index is 11.7. The maximum Gasteiger partial charge on any atom is 0.178 e. The molecule has 0 saturated heterocycles. The van der Waals surface area contributed by atoms with Gasteiger partial charge in [0, 0.05) is 0 Å². The third kappa shape index (κ3) is 2.81. The van der Waals surface area contributed by atoms with Crippen LogP contribution in [0.25, 0.3) is 0 Å². The Kier molecular flexibility index (Phi) is 3.24. The second kappa shape index (κ2) is 3.97. The number of benzene rings is 1. The second-order valence-electron chi connectivity index (χ2n) is 4.68. The molecule has 3 heteroatoms. The Labute approximate surface area is 92.2 Å². The van der Waals surface area contributed by atoms with E-state index < -0.39 is 9.84 Å². The average molecular weight is 226 g/mol. The van der Waals surface area contributed by atoms with Gasteiger partial charge in [-0.3, -0.25) is 0 Å². The third-order valence-corrected chi connectivity index (χ3v) is 4.17. The van der Waals surface area contributed by atoms with E-state index in [0.29, 0.717) is 4.90 Å². The van der Waals surface area contributed by atoms with Crippen LogP contribution in [0, 0.1) is 0 Å². The number of rotatable bonds is 2. The Morgan fingerprint density at radius 2 is 1.80 bits per heavy atom. The van der Waals surface area contributed by atoms with Crippen molar-refractivity contribution in [1.82, 2.24) is 0 Å². The minimum Gasteiger partial charge on any atom is -0.224 e. The lowest BCUT2D eigenvalue weighted by molar-refractivity contribution is 0.584. The van der Waals surface area contributed by atoms with E-state index in [2.05, 4.69) is 20.8 Å². The van der Waals surface area contributed by atoms with Crippen molar-refractivity contribution in [2.24, 2.45) is 0 Å². The number of hydrogen-bond donors (Lipinski definition) is 0. The van der Waals surface area contributed by atoms with Crippen LogP contribution in [0.1, 0.15) is 33.3 Å². The van der Waals surface area contributed by atoms with Crippen LogP contribution in [0.5, 0.6) is 0 Å². The summed E-state index contributed by atoms with van der Waals surface area (Å²) < 4.78 is 23.4. The molecule has 0 aliphatic carbocycles. The maximum atomic E-state index is 11.7. The molecule has 84 valence electrons. The Bertz CT molecular complexity index is 439. The lowest BCUT2D eigenvalue weighted by Crippen LogP contribution is -2.12. The molecule has 1 rings (SSSR count). The monoisotopic (exact) mass is 226 g/mol. The third-order valence-electron chi connectivity index (χ3n) is 2.44. The highest BCUT2D eigenvalue weighted by atomic mass is 32.2. The normalized spacial score (nSPS) is 12.8. The molecule has 0 radical (unpaired) electrons. The lowest BCUT2D eigenvalue weighted by Gasteiger charge is -2.19. The van der Waals surface area contributed by atoms with E-state index in [1.807, 2.05) is 12.1 Å². The van der Waals surface area contributed by atoms with Crippen molar-refractivity contribution in [3.8, 4) is 0 Å². The molecular weight excluding hydrogens is 208 g/mol. The van der Waals surface area contributed by atoms with E-state index >= 15 is 0 Å². The first-order chi connectivity index (χ1) is 6.77. The second-order valence-corrected chi connectivity index (χ2v) is 6.96. The predicted molar refractivity (Wildman–Crippen MR) is 62.9 cm³/mol. The summed E-state index contributed by atoms with van der Waals surface area (Å²) in [5.74, 6) is 0.153. The van der Waals surface area contributed by atoms with Gasteiger partial charge in [0.05, 0.1) is 10.6 Å². The summed E-state index contributed by atoms with van der Waals surface area (Å²) in [5, 5.41) is 0.